The summed E-state index contributed by atoms with van der Waals surface area (Å²) < 4.78 is 23.2. The van der Waals surface area contributed by atoms with Crippen molar-refractivity contribution in [3.63, 3.8) is 0 Å². The fourth-order valence-corrected chi connectivity index (χ4v) is 7.17. The van der Waals surface area contributed by atoms with Gasteiger partial charge in [0.15, 0.2) is 0 Å². The number of aliphatic hydroxyl groups is 1. The Kier molecular flexibility index (Phi) is 35.4. The second-order valence-electron chi connectivity index (χ2n) is 16.4. The van der Waals surface area contributed by atoms with Gasteiger partial charge in [-0.25, -0.2) is 0 Å². The highest BCUT2D eigenvalue weighted by Crippen LogP contribution is 2.38. The van der Waals surface area contributed by atoms with Gasteiger partial charge in [0, 0.05) is 6.42 Å². The average molecular weight is 759 g/mol. The summed E-state index contributed by atoms with van der Waals surface area (Å²) in [5, 5.41) is 13.8. The van der Waals surface area contributed by atoms with Crippen molar-refractivity contribution < 1.29 is 32.9 Å². The van der Waals surface area contributed by atoms with Crippen LogP contribution in [0.2, 0.25) is 0 Å². The molecule has 0 aromatic rings. The van der Waals surface area contributed by atoms with Crippen molar-refractivity contribution >= 4 is 13.7 Å². The number of likely N-dealkylation sites (N-methyl/N-ethyl adjacent to an activating group) is 1. The lowest BCUT2D eigenvalue weighted by molar-refractivity contribution is -0.870. The summed E-state index contributed by atoms with van der Waals surface area (Å²) in [6.45, 7) is 4.70. The molecule has 0 rings (SSSR count). The summed E-state index contributed by atoms with van der Waals surface area (Å²) in [6.07, 6.45) is 39.3. The van der Waals surface area contributed by atoms with E-state index in [0.29, 0.717) is 23.9 Å². The van der Waals surface area contributed by atoms with E-state index in [0.717, 1.165) is 38.5 Å². The first-order valence-corrected chi connectivity index (χ1v) is 23.5. The number of nitrogens with zero attached hydrogens (tertiary/aromatic N) is 1. The van der Waals surface area contributed by atoms with Crippen molar-refractivity contribution in [2.24, 2.45) is 0 Å². The number of quaternary nitrogens is 1. The fourth-order valence-electron chi connectivity index (χ4n) is 6.45. The predicted octanol–water partition coefficient (Wildman–Crippen LogP) is 11.3. The zero-order valence-electron chi connectivity index (χ0n) is 35.0. The first-order chi connectivity index (χ1) is 25.0. The molecule has 0 saturated heterocycles. The molecular weight excluding hydrogens is 671 g/mol. The molecule has 0 saturated carbocycles. The lowest BCUT2D eigenvalue weighted by atomic mass is 10.0. The second-order valence-corrected chi connectivity index (χ2v) is 17.8. The molecule has 9 heteroatoms. The van der Waals surface area contributed by atoms with Gasteiger partial charge in [-0.3, -0.25) is 9.36 Å². The molecule has 0 aliphatic rings. The summed E-state index contributed by atoms with van der Waals surface area (Å²) in [4.78, 5) is 25.3. The number of aliphatic hydroxyl groups excluding tert-OH is 1. The second kappa shape index (κ2) is 35.9. The van der Waals surface area contributed by atoms with E-state index < -0.39 is 20.0 Å². The first kappa shape index (κ1) is 51.2. The third-order valence-corrected chi connectivity index (χ3v) is 11.0. The van der Waals surface area contributed by atoms with E-state index in [1.807, 2.05) is 21.1 Å². The molecule has 0 radical (unpaired) electrons. The number of nitrogens with one attached hydrogen (secondary N) is 1. The number of allylic oxidation sites excluding steroid dienone is 2. The largest absolute Gasteiger partial charge is 0.756 e. The van der Waals surface area contributed by atoms with Gasteiger partial charge in [-0.1, -0.05) is 174 Å². The van der Waals surface area contributed by atoms with Crippen molar-refractivity contribution in [1.82, 2.24) is 5.32 Å². The van der Waals surface area contributed by atoms with Gasteiger partial charge in [-0.15, -0.1) is 0 Å². The van der Waals surface area contributed by atoms with Crippen LogP contribution in [-0.2, 0) is 18.4 Å². The smallest absolute Gasteiger partial charge is 0.268 e. The molecule has 0 aliphatic carbocycles. The van der Waals surface area contributed by atoms with E-state index in [-0.39, 0.29) is 19.1 Å². The molecule has 0 fully saturated rings. The van der Waals surface area contributed by atoms with E-state index in [9.17, 15) is 19.4 Å². The predicted molar refractivity (Wildman–Crippen MR) is 219 cm³/mol. The molecule has 52 heavy (non-hydrogen) atoms. The number of amides is 1. The minimum absolute atomic E-state index is 0.0128. The van der Waals surface area contributed by atoms with E-state index in [4.69, 9.17) is 9.05 Å². The zero-order valence-corrected chi connectivity index (χ0v) is 35.9. The number of hydrogen-bond acceptors (Lipinski definition) is 6. The summed E-state index contributed by atoms with van der Waals surface area (Å²) in [7, 11) is 1.30. The molecule has 2 N–H and O–H groups in total. The lowest BCUT2D eigenvalue weighted by Gasteiger charge is -2.30. The van der Waals surface area contributed by atoms with E-state index >= 15 is 0 Å². The Morgan fingerprint density at radius 3 is 1.50 bits per heavy atom. The number of phosphoric acid groups is 1. The Labute approximate surface area is 322 Å². The Balaban J connectivity index is 4.26. The molecule has 0 heterocycles. The maximum Gasteiger partial charge on any atom is 0.268 e. The number of hydrogen-bond donors (Lipinski definition) is 2. The molecule has 3 atom stereocenters. The third-order valence-electron chi connectivity index (χ3n) is 10.0. The van der Waals surface area contributed by atoms with Gasteiger partial charge < -0.3 is 28.8 Å². The zero-order chi connectivity index (χ0) is 38.6. The minimum atomic E-state index is -4.55. The first-order valence-electron chi connectivity index (χ1n) is 22.0. The number of rotatable bonds is 40. The van der Waals surface area contributed by atoms with Crippen LogP contribution in [0.3, 0.4) is 0 Å². The Hall–Kier alpha value is -0.760. The van der Waals surface area contributed by atoms with E-state index in [1.54, 1.807) is 0 Å². The van der Waals surface area contributed by atoms with Crippen LogP contribution in [0.4, 0.5) is 0 Å². The summed E-state index contributed by atoms with van der Waals surface area (Å²) in [6, 6.07) is -0.797. The number of phosphoric ester groups is 1. The SMILES string of the molecule is CCCCCCCCCCC/C=C\CCCCCCCCCC(=O)NC(COP(=O)([O-])OCC[N+](C)(C)C)C(O)CCCCCCCCCCCC. The van der Waals surface area contributed by atoms with Crippen LogP contribution >= 0.6 is 7.82 Å². The van der Waals surface area contributed by atoms with Crippen molar-refractivity contribution in [2.45, 2.75) is 219 Å². The van der Waals surface area contributed by atoms with E-state index in [1.165, 1.54) is 141 Å². The van der Waals surface area contributed by atoms with Gasteiger partial charge in [-0.05, 0) is 38.5 Å². The van der Waals surface area contributed by atoms with Crippen molar-refractivity contribution in [3.05, 3.63) is 12.2 Å². The van der Waals surface area contributed by atoms with Crippen LogP contribution in [0, 0.1) is 0 Å². The normalized spacial score (nSPS) is 14.5. The number of carbonyl (C=O) groups excluding carboxylic acids is 1. The van der Waals surface area contributed by atoms with Gasteiger partial charge in [-0.2, -0.15) is 0 Å². The van der Waals surface area contributed by atoms with Gasteiger partial charge in [0.25, 0.3) is 7.82 Å². The molecule has 0 aromatic heterocycles. The molecular formula is C43H87N2O6P. The van der Waals surface area contributed by atoms with Gasteiger partial charge in [0.1, 0.15) is 13.2 Å². The molecule has 8 nitrogen and oxygen atoms in total. The molecule has 3 unspecified atom stereocenters. The highest BCUT2D eigenvalue weighted by atomic mass is 31.2. The molecule has 0 aliphatic heterocycles. The van der Waals surface area contributed by atoms with Crippen LogP contribution in [0.25, 0.3) is 0 Å². The monoisotopic (exact) mass is 759 g/mol. The summed E-state index contributed by atoms with van der Waals surface area (Å²) in [5.41, 5.74) is 0. The fraction of sp³-hybridized carbons (Fsp3) is 0.930. The Morgan fingerprint density at radius 2 is 1.06 bits per heavy atom. The lowest BCUT2D eigenvalue weighted by Crippen LogP contribution is -2.46. The molecule has 0 aromatic carbocycles. The van der Waals surface area contributed by atoms with Gasteiger partial charge in [0.2, 0.25) is 5.91 Å². The van der Waals surface area contributed by atoms with Crippen molar-refractivity contribution in [3.8, 4) is 0 Å². The summed E-state index contributed by atoms with van der Waals surface area (Å²) in [5.74, 6) is -0.170. The Bertz CT molecular complexity index is 865. The average Bonchev–Trinajstić information content (AvgIpc) is 3.09. The number of unbranched alkanes of at least 4 members (excludes halogenated alkanes) is 25. The topological polar surface area (TPSA) is 108 Å². The highest BCUT2D eigenvalue weighted by Gasteiger charge is 2.24. The molecule has 0 spiro atoms. The van der Waals surface area contributed by atoms with Gasteiger partial charge >= 0.3 is 0 Å². The molecule has 310 valence electrons. The maximum absolute atomic E-state index is 12.8. The number of carbonyl (C=O) groups is 1. The summed E-state index contributed by atoms with van der Waals surface area (Å²) >= 11 is 0. The van der Waals surface area contributed by atoms with Crippen molar-refractivity contribution in [2.75, 3.05) is 40.9 Å². The van der Waals surface area contributed by atoms with E-state index in [2.05, 4.69) is 31.3 Å². The van der Waals surface area contributed by atoms with Crippen LogP contribution in [0.5, 0.6) is 0 Å². The standard InChI is InChI=1S/C43H87N2O6P/c1-6-8-10-12-14-16-18-19-20-21-22-23-24-25-26-27-29-31-33-35-37-43(47)44-41(40-51-52(48,49)50-39-38-45(3,4)5)42(46)36-34-32-30-28-17-15-13-11-9-7-2/h22-23,41-42,46H,6-21,24-40H2,1-5H3,(H-,44,47,48,49)/b23-22-. The highest BCUT2D eigenvalue weighted by molar-refractivity contribution is 7.45. The van der Waals surface area contributed by atoms with Crippen LogP contribution in [-0.4, -0.2) is 68.5 Å². The van der Waals surface area contributed by atoms with Crippen LogP contribution in [0.15, 0.2) is 12.2 Å². The molecule has 0 bridgehead atoms. The minimum Gasteiger partial charge on any atom is -0.756 e. The third kappa shape index (κ3) is 37.6. The Morgan fingerprint density at radius 1 is 0.654 bits per heavy atom. The maximum atomic E-state index is 12.8. The quantitative estimate of drug-likeness (QED) is 0.0279. The van der Waals surface area contributed by atoms with Crippen LogP contribution < -0.4 is 10.2 Å². The van der Waals surface area contributed by atoms with Crippen LogP contribution in [0.1, 0.15) is 206 Å². The van der Waals surface area contributed by atoms with Crippen molar-refractivity contribution in [1.29, 1.82) is 0 Å². The molecule has 1 amide bonds. The van der Waals surface area contributed by atoms with Gasteiger partial charge in [0.05, 0.1) is 39.9 Å².